The second-order valence-electron chi connectivity index (χ2n) is 3.55. The van der Waals surface area contributed by atoms with E-state index >= 15 is 0 Å². The summed E-state index contributed by atoms with van der Waals surface area (Å²) in [6.45, 7) is 2.11. The van der Waals surface area contributed by atoms with Gasteiger partial charge in [-0.2, -0.15) is 0 Å². The molecule has 2 N–H and O–H groups in total. The zero-order valence-corrected chi connectivity index (χ0v) is 10.9. The van der Waals surface area contributed by atoms with Gasteiger partial charge >= 0.3 is 0 Å². The number of halogens is 2. The molecule has 4 heteroatoms. The second-order valence-corrected chi connectivity index (χ2v) is 4.78. The Bertz CT molecular complexity index is 493. The molecule has 15 heavy (non-hydrogen) atoms. The summed E-state index contributed by atoms with van der Waals surface area (Å²) in [6.07, 6.45) is 0. The second kappa shape index (κ2) is 4.16. The molecule has 0 radical (unpaired) electrons. The predicted molar refractivity (Wildman–Crippen MR) is 68.5 cm³/mol. The van der Waals surface area contributed by atoms with Gasteiger partial charge in [0.15, 0.2) is 0 Å². The average Bonchev–Trinajstić information content (AvgIpc) is 2.54. The molecule has 0 saturated heterocycles. The largest absolute Gasteiger partial charge is 0.356 e. The summed E-state index contributed by atoms with van der Waals surface area (Å²) in [7, 11) is 1.94. The fraction of sp³-hybridized carbons (Fsp3) is 0.273. The lowest BCUT2D eigenvalue weighted by atomic mass is 10.2. The normalized spacial score (nSPS) is 13.3. The summed E-state index contributed by atoms with van der Waals surface area (Å²) in [5.74, 6) is 0. The van der Waals surface area contributed by atoms with Gasteiger partial charge in [-0.25, -0.2) is 0 Å². The van der Waals surface area contributed by atoms with Crippen molar-refractivity contribution in [3.05, 3.63) is 33.4 Å². The molecule has 0 saturated carbocycles. The molecule has 80 valence electrons. The fourth-order valence-electron chi connectivity index (χ4n) is 1.60. The molecule has 0 aliphatic heterocycles. The molecule has 1 aromatic carbocycles. The van der Waals surface area contributed by atoms with Crippen molar-refractivity contribution in [2.45, 2.75) is 13.0 Å². The maximum atomic E-state index is 5.94. The van der Waals surface area contributed by atoms with E-state index in [1.807, 2.05) is 25.2 Å². The maximum absolute atomic E-state index is 5.94. The smallest absolute Gasteiger partial charge is 0.0483 e. The Kier molecular flexibility index (Phi) is 3.05. The van der Waals surface area contributed by atoms with E-state index in [-0.39, 0.29) is 6.04 Å². The van der Waals surface area contributed by atoms with E-state index in [9.17, 15) is 0 Å². The van der Waals surface area contributed by atoms with Crippen LogP contribution in [0.15, 0.2) is 22.7 Å². The van der Waals surface area contributed by atoms with Crippen LogP contribution in [0, 0.1) is 0 Å². The van der Waals surface area contributed by atoms with Crippen molar-refractivity contribution >= 4 is 38.4 Å². The third-order valence-corrected chi connectivity index (χ3v) is 3.68. The first-order chi connectivity index (χ1) is 7.13. The molecule has 2 rings (SSSR count). The van der Waals surface area contributed by atoms with Gasteiger partial charge < -0.3 is 10.3 Å². The van der Waals surface area contributed by atoms with E-state index in [0.29, 0.717) is 0 Å². The van der Waals surface area contributed by atoms with E-state index in [0.717, 1.165) is 26.1 Å². The highest BCUT2D eigenvalue weighted by atomic mass is 79.9. The van der Waals surface area contributed by atoms with Gasteiger partial charge in [-0.15, -0.1) is 0 Å². The molecule has 1 unspecified atom stereocenters. The van der Waals surface area contributed by atoms with Crippen LogP contribution in [-0.2, 0) is 0 Å². The summed E-state index contributed by atoms with van der Waals surface area (Å²) < 4.78 is 1.11. The number of aromatic nitrogens is 1. The lowest BCUT2D eigenvalue weighted by Crippen LogP contribution is -2.12. The summed E-state index contributed by atoms with van der Waals surface area (Å²) in [4.78, 5) is 3.36. The van der Waals surface area contributed by atoms with Crippen LogP contribution in [0.4, 0.5) is 0 Å². The quantitative estimate of drug-likeness (QED) is 0.862. The van der Waals surface area contributed by atoms with E-state index in [1.54, 1.807) is 0 Å². The van der Waals surface area contributed by atoms with E-state index in [1.165, 1.54) is 0 Å². The topological polar surface area (TPSA) is 27.8 Å². The van der Waals surface area contributed by atoms with Crippen molar-refractivity contribution in [2.24, 2.45) is 0 Å². The van der Waals surface area contributed by atoms with Gasteiger partial charge in [0.05, 0.1) is 0 Å². The van der Waals surface area contributed by atoms with E-state index in [4.69, 9.17) is 11.6 Å². The van der Waals surface area contributed by atoms with Crippen molar-refractivity contribution in [3.8, 4) is 0 Å². The maximum Gasteiger partial charge on any atom is 0.0483 e. The zero-order chi connectivity index (χ0) is 11.0. The fourth-order valence-corrected chi connectivity index (χ4v) is 2.56. The average molecular weight is 288 g/mol. The van der Waals surface area contributed by atoms with Crippen LogP contribution in [0.3, 0.4) is 0 Å². The molecular weight excluding hydrogens is 275 g/mol. The molecule has 0 fully saturated rings. The molecule has 0 bridgehead atoms. The van der Waals surface area contributed by atoms with Crippen molar-refractivity contribution in [3.63, 3.8) is 0 Å². The molecule has 2 aromatic rings. The zero-order valence-electron chi connectivity index (χ0n) is 8.57. The van der Waals surface area contributed by atoms with E-state index in [2.05, 4.69) is 33.2 Å². The van der Waals surface area contributed by atoms with Crippen molar-refractivity contribution in [1.29, 1.82) is 0 Å². The van der Waals surface area contributed by atoms with Crippen LogP contribution >= 0.6 is 27.5 Å². The summed E-state index contributed by atoms with van der Waals surface area (Å²) in [5.41, 5.74) is 2.21. The molecule has 1 aromatic heterocycles. The first-order valence-electron chi connectivity index (χ1n) is 4.77. The molecule has 1 heterocycles. The Labute approximate surface area is 102 Å². The van der Waals surface area contributed by atoms with Gasteiger partial charge in [0.1, 0.15) is 0 Å². The SMILES string of the molecule is CNC(C)c1[nH]c2cc(Cl)ccc2c1Br. The first kappa shape index (κ1) is 11.0. The number of benzene rings is 1. The standard InChI is InChI=1S/C11H12BrClN2/c1-6(14-2)11-10(12)8-4-3-7(13)5-9(8)15-11/h3-6,14-15H,1-2H3. The molecule has 0 amide bonds. The Morgan fingerprint density at radius 1 is 1.47 bits per heavy atom. The predicted octanol–water partition coefficient (Wildman–Crippen LogP) is 3.86. The van der Waals surface area contributed by atoms with Gasteiger partial charge in [-0.3, -0.25) is 0 Å². The van der Waals surface area contributed by atoms with Gasteiger partial charge in [0.25, 0.3) is 0 Å². The number of rotatable bonds is 2. The lowest BCUT2D eigenvalue weighted by molar-refractivity contribution is 0.635. The molecule has 2 nitrogen and oxygen atoms in total. The minimum absolute atomic E-state index is 0.283. The number of H-pyrrole nitrogens is 1. The number of fused-ring (bicyclic) bond motifs is 1. The highest BCUT2D eigenvalue weighted by molar-refractivity contribution is 9.10. The van der Waals surface area contributed by atoms with Crippen LogP contribution in [0.1, 0.15) is 18.7 Å². The lowest BCUT2D eigenvalue weighted by Gasteiger charge is -2.08. The Hall–Kier alpha value is -0.510. The molecule has 0 aliphatic carbocycles. The van der Waals surface area contributed by atoms with Crippen LogP contribution in [-0.4, -0.2) is 12.0 Å². The first-order valence-corrected chi connectivity index (χ1v) is 5.94. The summed E-state index contributed by atoms with van der Waals surface area (Å²) in [6, 6.07) is 6.14. The molecular formula is C11H12BrClN2. The minimum Gasteiger partial charge on any atom is -0.356 e. The highest BCUT2D eigenvalue weighted by Crippen LogP contribution is 2.32. The number of nitrogens with one attached hydrogen (secondary N) is 2. The van der Waals surface area contributed by atoms with Gasteiger partial charge in [0, 0.05) is 32.1 Å². The van der Waals surface area contributed by atoms with Crippen LogP contribution < -0.4 is 5.32 Å². The van der Waals surface area contributed by atoms with Gasteiger partial charge in [0.2, 0.25) is 0 Å². The number of aromatic amines is 1. The van der Waals surface area contributed by atoms with Gasteiger partial charge in [-0.05, 0) is 42.0 Å². The summed E-state index contributed by atoms with van der Waals surface area (Å²) >= 11 is 9.55. The molecule has 0 spiro atoms. The van der Waals surface area contributed by atoms with Crippen LogP contribution in [0.25, 0.3) is 10.9 Å². The number of hydrogen-bond acceptors (Lipinski definition) is 1. The highest BCUT2D eigenvalue weighted by Gasteiger charge is 2.13. The third-order valence-electron chi connectivity index (χ3n) is 2.59. The number of hydrogen-bond donors (Lipinski definition) is 2. The third kappa shape index (κ3) is 1.92. The monoisotopic (exact) mass is 286 g/mol. The van der Waals surface area contributed by atoms with Crippen LogP contribution in [0.2, 0.25) is 5.02 Å². The minimum atomic E-state index is 0.283. The van der Waals surface area contributed by atoms with Crippen molar-refractivity contribution in [1.82, 2.24) is 10.3 Å². The Morgan fingerprint density at radius 2 is 2.20 bits per heavy atom. The Morgan fingerprint density at radius 3 is 2.87 bits per heavy atom. The van der Waals surface area contributed by atoms with Crippen molar-refractivity contribution < 1.29 is 0 Å². The summed E-state index contributed by atoms with van der Waals surface area (Å²) in [5, 5.41) is 5.12. The Balaban J connectivity index is 2.63. The van der Waals surface area contributed by atoms with Crippen molar-refractivity contribution in [2.75, 3.05) is 7.05 Å². The van der Waals surface area contributed by atoms with E-state index < -0.39 is 0 Å². The molecule has 0 aliphatic rings. The van der Waals surface area contributed by atoms with Gasteiger partial charge in [-0.1, -0.05) is 17.7 Å². The van der Waals surface area contributed by atoms with Crippen LogP contribution in [0.5, 0.6) is 0 Å². The molecule has 1 atom stereocenters.